The third-order valence-corrected chi connectivity index (χ3v) is 5.77. The number of thiophene rings is 1. The molecule has 0 radical (unpaired) electrons. The minimum atomic E-state index is -0.212. The lowest BCUT2D eigenvalue weighted by atomic mass is 10.1. The van der Waals surface area contributed by atoms with Gasteiger partial charge in [-0.3, -0.25) is 4.79 Å². The predicted octanol–water partition coefficient (Wildman–Crippen LogP) is 4.23. The number of carbonyl (C=O) groups excluding carboxylic acids is 1. The van der Waals surface area contributed by atoms with Crippen molar-refractivity contribution in [2.75, 3.05) is 6.79 Å². The molecule has 0 atom stereocenters. The van der Waals surface area contributed by atoms with Gasteiger partial charge >= 0.3 is 0 Å². The fraction of sp³-hybridized carbons (Fsp3) is 0.190. The number of pyridine rings is 1. The minimum Gasteiger partial charge on any atom is -0.454 e. The Kier molecular flexibility index (Phi) is 4.21. The minimum absolute atomic E-state index is 0.212. The standard InChI is InChI=1S/C21H17N3O4S/c1-11-3-6-18(29-11)15-8-14(19-12(2)24-28-21(19)23-15)20(25)22-9-13-4-5-16-17(7-13)27-10-26-16/h3-8H,9-10H2,1-2H3,(H,22,25). The Morgan fingerprint density at radius 3 is 2.83 bits per heavy atom. The van der Waals surface area contributed by atoms with E-state index in [0.717, 1.165) is 10.4 Å². The molecular formula is C21H17N3O4S. The third kappa shape index (κ3) is 3.21. The molecule has 1 amide bonds. The molecule has 7 nitrogen and oxygen atoms in total. The van der Waals surface area contributed by atoms with E-state index in [1.54, 1.807) is 24.3 Å². The lowest BCUT2D eigenvalue weighted by Crippen LogP contribution is -2.23. The molecule has 1 N–H and O–H groups in total. The Balaban J connectivity index is 1.46. The average Bonchev–Trinajstić information content (AvgIpc) is 3.45. The van der Waals surface area contributed by atoms with Crippen molar-refractivity contribution in [1.82, 2.24) is 15.5 Å². The fourth-order valence-electron chi connectivity index (χ4n) is 3.30. The van der Waals surface area contributed by atoms with Gasteiger partial charge in [0.2, 0.25) is 6.79 Å². The zero-order valence-electron chi connectivity index (χ0n) is 15.8. The summed E-state index contributed by atoms with van der Waals surface area (Å²) in [4.78, 5) is 19.7. The summed E-state index contributed by atoms with van der Waals surface area (Å²) in [6, 6.07) is 11.4. The lowest BCUT2D eigenvalue weighted by Gasteiger charge is -2.08. The van der Waals surface area contributed by atoms with E-state index >= 15 is 0 Å². The molecule has 8 heteroatoms. The summed E-state index contributed by atoms with van der Waals surface area (Å²) in [6.45, 7) is 4.41. The van der Waals surface area contributed by atoms with Gasteiger partial charge < -0.3 is 19.3 Å². The summed E-state index contributed by atoms with van der Waals surface area (Å²) >= 11 is 1.62. The zero-order valence-corrected chi connectivity index (χ0v) is 16.6. The first-order valence-electron chi connectivity index (χ1n) is 9.09. The molecule has 4 heterocycles. The fourth-order valence-corrected chi connectivity index (χ4v) is 4.13. The van der Waals surface area contributed by atoms with Crippen LogP contribution < -0.4 is 14.8 Å². The predicted molar refractivity (Wildman–Crippen MR) is 108 cm³/mol. The van der Waals surface area contributed by atoms with E-state index in [1.165, 1.54) is 4.88 Å². The van der Waals surface area contributed by atoms with Crippen LogP contribution in [0.25, 0.3) is 21.7 Å². The number of amides is 1. The van der Waals surface area contributed by atoms with E-state index in [4.69, 9.17) is 14.0 Å². The summed E-state index contributed by atoms with van der Waals surface area (Å²) in [6.07, 6.45) is 0. The maximum Gasteiger partial charge on any atom is 0.259 e. The number of fused-ring (bicyclic) bond motifs is 2. The lowest BCUT2D eigenvalue weighted by molar-refractivity contribution is 0.0952. The molecule has 0 bridgehead atoms. The smallest absolute Gasteiger partial charge is 0.259 e. The van der Waals surface area contributed by atoms with Gasteiger partial charge in [-0.05, 0) is 49.7 Å². The number of ether oxygens (including phenoxy) is 2. The van der Waals surface area contributed by atoms with Gasteiger partial charge in [-0.1, -0.05) is 11.2 Å². The van der Waals surface area contributed by atoms with E-state index in [-0.39, 0.29) is 12.7 Å². The van der Waals surface area contributed by atoms with Crippen molar-refractivity contribution >= 4 is 28.3 Å². The summed E-state index contributed by atoms with van der Waals surface area (Å²) in [5, 5.41) is 7.59. The largest absolute Gasteiger partial charge is 0.454 e. The van der Waals surface area contributed by atoms with Gasteiger partial charge in [0.25, 0.3) is 11.6 Å². The van der Waals surface area contributed by atoms with E-state index in [2.05, 4.69) is 15.5 Å². The summed E-state index contributed by atoms with van der Waals surface area (Å²) in [5.41, 5.74) is 3.11. The molecule has 0 aliphatic carbocycles. The Morgan fingerprint density at radius 1 is 1.14 bits per heavy atom. The Morgan fingerprint density at radius 2 is 2.00 bits per heavy atom. The van der Waals surface area contributed by atoms with Gasteiger partial charge in [-0.15, -0.1) is 11.3 Å². The molecule has 0 saturated heterocycles. The molecule has 1 aromatic carbocycles. The first-order valence-corrected chi connectivity index (χ1v) is 9.91. The molecule has 0 fully saturated rings. The quantitative estimate of drug-likeness (QED) is 0.545. The van der Waals surface area contributed by atoms with Crippen LogP contribution in [0.15, 0.2) is 40.9 Å². The zero-order chi connectivity index (χ0) is 20.0. The van der Waals surface area contributed by atoms with Crippen LogP contribution in [0.3, 0.4) is 0 Å². The molecule has 0 unspecified atom stereocenters. The normalized spacial score (nSPS) is 12.5. The molecule has 0 saturated carbocycles. The second-order valence-corrected chi connectivity index (χ2v) is 8.07. The number of aryl methyl sites for hydroxylation is 2. The number of hydrogen-bond acceptors (Lipinski definition) is 7. The first-order chi connectivity index (χ1) is 14.1. The van der Waals surface area contributed by atoms with Crippen molar-refractivity contribution in [3.8, 4) is 22.1 Å². The highest BCUT2D eigenvalue weighted by Gasteiger charge is 2.20. The number of benzene rings is 1. The van der Waals surface area contributed by atoms with Crippen LogP contribution in [-0.2, 0) is 6.54 Å². The van der Waals surface area contributed by atoms with Crippen molar-refractivity contribution in [3.05, 3.63) is 58.1 Å². The summed E-state index contributed by atoms with van der Waals surface area (Å²) in [7, 11) is 0. The van der Waals surface area contributed by atoms with Crippen LogP contribution in [0.4, 0.5) is 0 Å². The molecule has 3 aromatic heterocycles. The second-order valence-electron chi connectivity index (χ2n) is 6.78. The molecule has 1 aliphatic heterocycles. The number of rotatable bonds is 4. The van der Waals surface area contributed by atoms with Gasteiger partial charge in [-0.2, -0.15) is 0 Å². The van der Waals surface area contributed by atoms with Crippen molar-refractivity contribution in [2.45, 2.75) is 20.4 Å². The van der Waals surface area contributed by atoms with Crippen molar-refractivity contribution < 1.29 is 18.8 Å². The summed E-state index contributed by atoms with van der Waals surface area (Å²) < 4.78 is 16.1. The first kappa shape index (κ1) is 17.7. The van der Waals surface area contributed by atoms with E-state index < -0.39 is 0 Å². The SMILES string of the molecule is Cc1ccc(-c2cc(C(=O)NCc3ccc4c(c3)OCO4)c3c(C)noc3n2)s1. The van der Waals surface area contributed by atoms with Crippen molar-refractivity contribution in [2.24, 2.45) is 0 Å². The summed E-state index contributed by atoms with van der Waals surface area (Å²) in [5.74, 6) is 1.19. The monoisotopic (exact) mass is 407 g/mol. The third-order valence-electron chi connectivity index (χ3n) is 4.74. The molecule has 4 aromatic rings. The Labute approximate surface area is 170 Å². The maximum absolute atomic E-state index is 13.0. The Bertz CT molecular complexity index is 1240. The van der Waals surface area contributed by atoms with Crippen LogP contribution in [0.1, 0.15) is 26.5 Å². The van der Waals surface area contributed by atoms with Crippen LogP contribution >= 0.6 is 11.3 Å². The van der Waals surface area contributed by atoms with E-state index in [0.29, 0.717) is 46.1 Å². The molecule has 146 valence electrons. The van der Waals surface area contributed by atoms with E-state index in [1.807, 2.05) is 37.3 Å². The molecule has 29 heavy (non-hydrogen) atoms. The number of hydrogen-bond donors (Lipinski definition) is 1. The number of aromatic nitrogens is 2. The van der Waals surface area contributed by atoms with Crippen LogP contribution in [0.2, 0.25) is 0 Å². The highest BCUT2D eigenvalue weighted by atomic mass is 32.1. The Hall–Kier alpha value is -3.39. The topological polar surface area (TPSA) is 86.5 Å². The van der Waals surface area contributed by atoms with Gasteiger partial charge in [0, 0.05) is 11.4 Å². The van der Waals surface area contributed by atoms with Crippen molar-refractivity contribution in [1.29, 1.82) is 0 Å². The average molecular weight is 407 g/mol. The van der Waals surface area contributed by atoms with Gasteiger partial charge in [0.1, 0.15) is 0 Å². The van der Waals surface area contributed by atoms with Gasteiger partial charge in [0.05, 0.1) is 27.2 Å². The van der Waals surface area contributed by atoms with Crippen LogP contribution in [0.5, 0.6) is 11.5 Å². The highest BCUT2D eigenvalue weighted by Crippen LogP contribution is 2.33. The van der Waals surface area contributed by atoms with E-state index in [9.17, 15) is 4.79 Å². The number of nitrogens with zero attached hydrogens (tertiary/aromatic N) is 2. The molecule has 1 aliphatic rings. The van der Waals surface area contributed by atoms with Crippen molar-refractivity contribution in [3.63, 3.8) is 0 Å². The number of carbonyl (C=O) groups is 1. The molecule has 0 spiro atoms. The maximum atomic E-state index is 13.0. The number of nitrogens with one attached hydrogen (secondary N) is 1. The highest BCUT2D eigenvalue weighted by molar-refractivity contribution is 7.15. The van der Waals surface area contributed by atoms with Gasteiger partial charge in [-0.25, -0.2) is 4.98 Å². The molecular weight excluding hydrogens is 390 g/mol. The van der Waals surface area contributed by atoms with Crippen LogP contribution in [-0.4, -0.2) is 22.8 Å². The van der Waals surface area contributed by atoms with Gasteiger partial charge in [0.15, 0.2) is 11.5 Å². The molecule has 5 rings (SSSR count). The van der Waals surface area contributed by atoms with Crippen LogP contribution in [0, 0.1) is 13.8 Å². The second kappa shape index (κ2) is 6.89.